The van der Waals surface area contributed by atoms with Gasteiger partial charge in [-0.05, 0) is 14.1 Å². The second-order valence-corrected chi connectivity index (χ2v) is 3.45. The van der Waals surface area contributed by atoms with Crippen molar-refractivity contribution in [1.29, 1.82) is 0 Å². The van der Waals surface area contributed by atoms with Gasteiger partial charge in [0, 0.05) is 20.1 Å². The smallest absolute Gasteiger partial charge is 0.339 e. The summed E-state index contributed by atoms with van der Waals surface area (Å²) in [7, 11) is 4.44. The summed E-state index contributed by atoms with van der Waals surface area (Å²) in [6, 6.07) is 0. The minimum absolute atomic E-state index is 0.0197. The third-order valence-corrected chi connectivity index (χ3v) is 1.79. The van der Waals surface area contributed by atoms with Gasteiger partial charge in [-0.3, -0.25) is 4.79 Å². The van der Waals surface area contributed by atoms with E-state index < -0.39 is 18.3 Å². The average molecular weight is 230 g/mol. The van der Waals surface area contributed by atoms with Crippen LogP contribution < -0.4 is 0 Å². The first-order valence-corrected chi connectivity index (χ1v) is 4.25. The molecule has 0 heterocycles. The monoisotopic (exact) mass is 230 g/mol. The summed E-state index contributed by atoms with van der Waals surface area (Å²) in [5.74, 6) is -6.44. The number of nitrogens with zero attached hydrogens (tertiary/aromatic N) is 2. The Morgan fingerprint density at radius 3 is 2.00 bits per heavy atom. The summed E-state index contributed by atoms with van der Waals surface area (Å²) in [5.41, 5.74) is 0. The first-order chi connectivity index (χ1) is 6.69. The molecule has 0 unspecified atom stereocenters. The molecule has 0 rings (SSSR count). The molecule has 0 aromatic heterocycles. The van der Waals surface area contributed by atoms with Crippen LogP contribution in [0.25, 0.3) is 0 Å². The first-order valence-electron chi connectivity index (χ1n) is 4.25. The fourth-order valence-corrected chi connectivity index (χ4v) is 0.799. The van der Waals surface area contributed by atoms with Gasteiger partial charge in [-0.2, -0.15) is 8.78 Å². The quantitative estimate of drug-likeness (QED) is 0.655. The van der Waals surface area contributed by atoms with Crippen LogP contribution in [0.1, 0.15) is 0 Å². The van der Waals surface area contributed by atoms with Gasteiger partial charge in [0.05, 0.1) is 0 Å². The number of carbonyl (C=O) groups is 1. The molecule has 1 amide bonds. The van der Waals surface area contributed by atoms with Gasteiger partial charge in [-0.25, -0.2) is 8.78 Å². The molecule has 3 nitrogen and oxygen atoms in total. The van der Waals surface area contributed by atoms with E-state index in [1.165, 1.54) is 0 Å². The molecular weight excluding hydrogens is 216 g/mol. The molecule has 0 saturated heterocycles. The number of rotatable bonds is 5. The Kier molecular flexibility index (Phi) is 4.99. The Bertz CT molecular complexity index is 221. The first kappa shape index (κ1) is 14.2. The van der Waals surface area contributed by atoms with Crippen LogP contribution in [-0.4, -0.2) is 62.3 Å². The maximum atomic E-state index is 12.6. The van der Waals surface area contributed by atoms with E-state index in [1.807, 2.05) is 0 Å². The maximum Gasteiger partial charge on any atom is 0.383 e. The van der Waals surface area contributed by atoms with Gasteiger partial charge in [0.25, 0.3) is 5.91 Å². The van der Waals surface area contributed by atoms with Gasteiger partial charge in [0.1, 0.15) is 0 Å². The Morgan fingerprint density at radius 1 is 1.20 bits per heavy atom. The maximum absolute atomic E-state index is 12.6. The summed E-state index contributed by atoms with van der Waals surface area (Å²) < 4.78 is 48.7. The molecule has 0 spiro atoms. The fraction of sp³-hybridized carbons (Fsp3) is 0.875. The highest BCUT2D eigenvalue weighted by atomic mass is 19.3. The predicted octanol–water partition coefficient (Wildman–Crippen LogP) is 0.907. The van der Waals surface area contributed by atoms with Crippen molar-refractivity contribution in [2.45, 2.75) is 12.3 Å². The SMILES string of the molecule is CN(C)CCN(C)C(=O)C(F)(F)C(F)F. The Balaban J connectivity index is 4.31. The van der Waals surface area contributed by atoms with E-state index >= 15 is 0 Å². The number of carbonyl (C=O) groups excluding carboxylic acids is 1. The van der Waals surface area contributed by atoms with Crippen molar-refractivity contribution in [1.82, 2.24) is 9.80 Å². The van der Waals surface area contributed by atoms with Crippen LogP contribution >= 0.6 is 0 Å². The van der Waals surface area contributed by atoms with Crippen molar-refractivity contribution < 1.29 is 22.4 Å². The number of halogens is 4. The summed E-state index contributed by atoms with van der Waals surface area (Å²) in [5, 5.41) is 0. The summed E-state index contributed by atoms with van der Waals surface area (Å²) in [4.78, 5) is 13.2. The minimum atomic E-state index is -4.60. The number of likely N-dealkylation sites (N-methyl/N-ethyl adjacent to an activating group) is 2. The lowest BCUT2D eigenvalue weighted by molar-refractivity contribution is -0.179. The van der Waals surface area contributed by atoms with Crippen LogP contribution in [0.15, 0.2) is 0 Å². The van der Waals surface area contributed by atoms with E-state index in [-0.39, 0.29) is 6.54 Å². The van der Waals surface area contributed by atoms with Gasteiger partial charge in [-0.15, -0.1) is 0 Å². The molecule has 7 heteroatoms. The molecule has 0 saturated carbocycles. The molecular formula is C8H14F4N2O. The fourth-order valence-electron chi connectivity index (χ4n) is 0.799. The van der Waals surface area contributed by atoms with Gasteiger partial charge in [0.2, 0.25) is 0 Å². The lowest BCUT2D eigenvalue weighted by Gasteiger charge is -2.23. The third-order valence-electron chi connectivity index (χ3n) is 1.79. The topological polar surface area (TPSA) is 23.6 Å². The van der Waals surface area contributed by atoms with E-state index in [2.05, 4.69) is 0 Å². The lowest BCUT2D eigenvalue weighted by Crippen LogP contribution is -2.47. The van der Waals surface area contributed by atoms with E-state index in [1.54, 1.807) is 19.0 Å². The minimum Gasteiger partial charge on any atom is -0.339 e. The second-order valence-electron chi connectivity index (χ2n) is 3.45. The van der Waals surface area contributed by atoms with Crippen LogP contribution in [0, 0.1) is 0 Å². The molecule has 0 bridgehead atoms. The molecule has 0 aliphatic carbocycles. The van der Waals surface area contributed by atoms with Crippen LogP contribution in [0.5, 0.6) is 0 Å². The summed E-state index contributed by atoms with van der Waals surface area (Å²) >= 11 is 0. The number of alkyl halides is 4. The Hall–Kier alpha value is -0.850. The molecule has 90 valence electrons. The van der Waals surface area contributed by atoms with Crippen molar-refractivity contribution in [2.75, 3.05) is 34.2 Å². The molecule has 0 atom stereocenters. The Labute approximate surface area is 85.6 Å². The summed E-state index contributed by atoms with van der Waals surface area (Å²) in [6.07, 6.45) is -3.97. The van der Waals surface area contributed by atoms with Crippen molar-refractivity contribution in [2.24, 2.45) is 0 Å². The predicted molar refractivity (Wildman–Crippen MR) is 47.1 cm³/mol. The molecule has 0 aromatic carbocycles. The zero-order valence-corrected chi connectivity index (χ0v) is 8.81. The van der Waals surface area contributed by atoms with Crippen molar-refractivity contribution >= 4 is 5.91 Å². The van der Waals surface area contributed by atoms with Crippen LogP contribution in [0.3, 0.4) is 0 Å². The molecule has 0 N–H and O–H groups in total. The van der Waals surface area contributed by atoms with E-state index in [4.69, 9.17) is 0 Å². The largest absolute Gasteiger partial charge is 0.383 e. The number of hydrogen-bond donors (Lipinski definition) is 0. The van der Waals surface area contributed by atoms with Gasteiger partial charge >= 0.3 is 12.3 Å². The van der Waals surface area contributed by atoms with E-state index in [9.17, 15) is 22.4 Å². The standard InChI is InChI=1S/C8H14F4N2O/c1-13(2)4-5-14(3)7(15)8(11,12)6(9)10/h6H,4-5H2,1-3H3. The van der Waals surface area contributed by atoms with Crippen molar-refractivity contribution in [3.63, 3.8) is 0 Å². The number of amides is 1. The molecule has 15 heavy (non-hydrogen) atoms. The molecule has 0 radical (unpaired) electrons. The highest BCUT2D eigenvalue weighted by Gasteiger charge is 2.50. The normalized spacial score (nSPS) is 12.3. The number of hydrogen-bond acceptors (Lipinski definition) is 2. The van der Waals surface area contributed by atoms with Gasteiger partial charge in [0.15, 0.2) is 0 Å². The molecule has 0 aliphatic heterocycles. The highest BCUT2D eigenvalue weighted by Crippen LogP contribution is 2.24. The second kappa shape index (κ2) is 5.29. The van der Waals surface area contributed by atoms with Crippen LogP contribution in [0.2, 0.25) is 0 Å². The third kappa shape index (κ3) is 4.03. The van der Waals surface area contributed by atoms with E-state index in [0.717, 1.165) is 7.05 Å². The van der Waals surface area contributed by atoms with Crippen molar-refractivity contribution in [3.8, 4) is 0 Å². The zero-order chi connectivity index (χ0) is 12.2. The van der Waals surface area contributed by atoms with Crippen LogP contribution in [0.4, 0.5) is 17.6 Å². The molecule has 0 aliphatic rings. The Morgan fingerprint density at radius 2 is 1.67 bits per heavy atom. The lowest BCUT2D eigenvalue weighted by atomic mass is 10.3. The summed E-state index contributed by atoms with van der Waals surface area (Å²) in [6.45, 7) is 0.315. The van der Waals surface area contributed by atoms with Crippen LogP contribution in [-0.2, 0) is 4.79 Å². The van der Waals surface area contributed by atoms with Crippen molar-refractivity contribution in [3.05, 3.63) is 0 Å². The molecule has 0 aromatic rings. The van der Waals surface area contributed by atoms with E-state index in [0.29, 0.717) is 11.4 Å². The average Bonchev–Trinajstić information content (AvgIpc) is 2.12. The molecule has 0 fully saturated rings. The van der Waals surface area contributed by atoms with Gasteiger partial charge in [-0.1, -0.05) is 0 Å². The highest BCUT2D eigenvalue weighted by molar-refractivity contribution is 5.83. The van der Waals surface area contributed by atoms with Gasteiger partial charge < -0.3 is 9.80 Å². The zero-order valence-electron chi connectivity index (χ0n) is 8.81.